The molecule has 2 aliphatic heterocycles. The van der Waals surface area contributed by atoms with Gasteiger partial charge in [-0.1, -0.05) is 218 Å². The third kappa shape index (κ3) is 8.60. The van der Waals surface area contributed by atoms with Crippen LogP contribution >= 0.6 is 0 Å². The molecule has 0 fully saturated rings. The van der Waals surface area contributed by atoms with Crippen LogP contribution < -0.4 is 9.80 Å². The smallest absolute Gasteiger partial charge is 0.0493 e. The van der Waals surface area contributed by atoms with Crippen LogP contribution in [0.5, 0.6) is 0 Å². The summed E-state index contributed by atoms with van der Waals surface area (Å²) in [4.78, 5) is 5.11. The molecule has 0 aromatic heterocycles. The van der Waals surface area contributed by atoms with Crippen LogP contribution in [-0.2, 0) is 19.3 Å². The summed E-state index contributed by atoms with van der Waals surface area (Å²) in [6.45, 7) is 0. The zero-order chi connectivity index (χ0) is 52.9. The molecule has 0 radical (unpaired) electrons. The summed E-state index contributed by atoms with van der Waals surface area (Å²) < 4.78 is 0. The average molecular weight is 1030 g/mol. The van der Waals surface area contributed by atoms with Crippen LogP contribution in [0, 0.1) is 0 Å². The molecule has 1 unspecified atom stereocenters. The largest absolute Gasteiger partial charge is 0.310 e. The molecule has 0 amide bonds. The zero-order valence-electron chi connectivity index (χ0n) is 44.9. The summed E-state index contributed by atoms with van der Waals surface area (Å²) in [5, 5.41) is 4.94. The van der Waals surface area contributed by atoms with E-state index in [1.165, 1.54) is 133 Å². The highest BCUT2D eigenvalue weighted by atomic mass is 15.2. The molecule has 11 aromatic rings. The van der Waals surface area contributed by atoms with Gasteiger partial charge in [0.15, 0.2) is 0 Å². The van der Waals surface area contributed by atoms with Gasteiger partial charge in [0.05, 0.1) is 0 Å². The Labute approximate surface area is 470 Å². The molecule has 382 valence electrons. The van der Waals surface area contributed by atoms with Gasteiger partial charge in [-0.05, 0) is 205 Å². The number of nitrogens with zero attached hydrogens (tertiary/aromatic N) is 2. The second kappa shape index (κ2) is 20.4. The molecule has 0 bridgehead atoms. The lowest BCUT2D eigenvalue weighted by molar-refractivity contribution is 0.833. The summed E-state index contributed by atoms with van der Waals surface area (Å²) in [6.07, 6.45) is 19.2. The van der Waals surface area contributed by atoms with E-state index in [0.29, 0.717) is 0 Å². The Hall–Kier alpha value is -9.50. The van der Waals surface area contributed by atoms with Gasteiger partial charge in [0.2, 0.25) is 0 Å². The van der Waals surface area contributed by atoms with E-state index >= 15 is 0 Å². The predicted molar refractivity (Wildman–Crippen MR) is 339 cm³/mol. The van der Waals surface area contributed by atoms with Gasteiger partial charge >= 0.3 is 0 Å². The second-order valence-electron chi connectivity index (χ2n) is 22.1. The quantitative estimate of drug-likeness (QED) is 0.140. The number of aryl methyl sites for hydroxylation is 3. The van der Waals surface area contributed by atoms with E-state index in [0.717, 1.165) is 50.6 Å². The van der Waals surface area contributed by atoms with Crippen molar-refractivity contribution in [1.82, 2.24) is 0 Å². The average Bonchev–Trinajstić information content (AvgIpc) is 3.95. The Morgan fingerprint density at radius 2 is 0.838 bits per heavy atom. The molecule has 2 heterocycles. The molecule has 15 rings (SSSR count). The summed E-state index contributed by atoms with van der Waals surface area (Å²) in [5.41, 5.74) is 26.7. The van der Waals surface area contributed by atoms with Crippen molar-refractivity contribution < 1.29 is 0 Å². The highest BCUT2D eigenvalue weighted by Crippen LogP contribution is 2.51. The lowest BCUT2D eigenvalue weighted by Crippen LogP contribution is -2.18. The van der Waals surface area contributed by atoms with Gasteiger partial charge in [-0.25, -0.2) is 0 Å². The monoisotopic (exact) mass is 1020 g/mol. The predicted octanol–water partition coefficient (Wildman–Crippen LogP) is 21.0. The minimum absolute atomic E-state index is 0.255. The van der Waals surface area contributed by atoms with Gasteiger partial charge < -0.3 is 9.80 Å². The van der Waals surface area contributed by atoms with E-state index in [1.807, 2.05) is 0 Å². The van der Waals surface area contributed by atoms with Gasteiger partial charge in [0.1, 0.15) is 0 Å². The van der Waals surface area contributed by atoms with Gasteiger partial charge in [-0.15, -0.1) is 0 Å². The van der Waals surface area contributed by atoms with Gasteiger partial charge in [0, 0.05) is 40.1 Å². The minimum Gasteiger partial charge on any atom is -0.310 e. The SMILES string of the molecule is C1=CC2=C(CC1)CCc1ccccc1N2c1ccc2c(-c3cccc(C4C=CC(c5ccccc5)=CC4)c3)c3cc(N4c5ccccc5CCc5ccccc54)ccc3c(-c3cccc(-c4ccc(-c5ccccc5)cc4)c3)c2c1. The molecular formula is C78H60N2. The standard InChI is InChI=1S/C78H60N2/c1-3-17-53(18-4-1)55-33-37-57(38-34-55)63-25-15-27-65(49-63)77-69-47-45-68(80-75-31-13-9-23-61(75)43-44-62-24-10-14-32-76(62)80)52-72(69)78(66-28-16-26-64(50-66)58-39-35-56(36-40-58)54-19-5-2-6-20-54)70-48-46-67(51-71(70)77)79-73-29-11-7-21-59(73)41-42-60-22-8-12-30-74(60)79/h1-9,11-23,25-37,39-40,45-52,57H,10,24,38,41-44H2. The topological polar surface area (TPSA) is 6.48 Å². The summed E-state index contributed by atoms with van der Waals surface area (Å²) in [6, 6.07) is 91.3. The lowest BCUT2D eigenvalue weighted by Gasteiger charge is -2.30. The van der Waals surface area contributed by atoms with Gasteiger partial charge in [-0.2, -0.15) is 0 Å². The first-order chi connectivity index (χ1) is 39.7. The van der Waals surface area contributed by atoms with Crippen molar-refractivity contribution in [2.45, 2.75) is 50.9 Å². The van der Waals surface area contributed by atoms with Crippen LogP contribution in [0.2, 0.25) is 0 Å². The fourth-order valence-corrected chi connectivity index (χ4v) is 13.5. The van der Waals surface area contributed by atoms with E-state index in [4.69, 9.17) is 0 Å². The molecule has 2 heteroatoms. The molecule has 2 aliphatic carbocycles. The fourth-order valence-electron chi connectivity index (χ4n) is 13.5. The van der Waals surface area contributed by atoms with Crippen LogP contribution in [0.1, 0.15) is 59.4 Å². The first-order valence-corrected chi connectivity index (χ1v) is 28.7. The van der Waals surface area contributed by atoms with Crippen molar-refractivity contribution in [3.05, 3.63) is 312 Å². The van der Waals surface area contributed by atoms with E-state index < -0.39 is 0 Å². The Morgan fingerprint density at radius 3 is 1.46 bits per heavy atom. The number of hydrogen-bond donors (Lipinski definition) is 0. The molecule has 0 N–H and O–H groups in total. The number of fused-ring (bicyclic) bond motifs is 5. The molecular weight excluding hydrogens is 965 g/mol. The normalized spacial score (nSPS) is 15.7. The molecule has 0 saturated carbocycles. The van der Waals surface area contributed by atoms with Crippen molar-refractivity contribution in [2.75, 3.05) is 9.80 Å². The number of para-hydroxylation sites is 3. The Balaban J connectivity index is 0.988. The second-order valence-corrected chi connectivity index (χ2v) is 22.1. The highest BCUT2D eigenvalue weighted by Gasteiger charge is 2.28. The zero-order valence-corrected chi connectivity index (χ0v) is 44.9. The number of benzene rings is 11. The maximum absolute atomic E-state index is 2.58. The first kappa shape index (κ1) is 47.7. The number of hydrogen-bond acceptors (Lipinski definition) is 2. The van der Waals surface area contributed by atoms with Crippen molar-refractivity contribution in [1.29, 1.82) is 0 Å². The van der Waals surface area contributed by atoms with Crippen molar-refractivity contribution in [2.24, 2.45) is 0 Å². The number of anilines is 5. The Bertz CT molecular complexity index is 4280. The third-order valence-corrected chi connectivity index (χ3v) is 17.4. The molecule has 80 heavy (non-hydrogen) atoms. The minimum atomic E-state index is 0.255. The van der Waals surface area contributed by atoms with Crippen molar-refractivity contribution in [3.63, 3.8) is 0 Å². The molecule has 2 nitrogen and oxygen atoms in total. The summed E-state index contributed by atoms with van der Waals surface area (Å²) in [7, 11) is 0. The lowest BCUT2D eigenvalue weighted by atomic mass is 9.83. The summed E-state index contributed by atoms with van der Waals surface area (Å²) >= 11 is 0. The number of rotatable bonds is 8. The highest BCUT2D eigenvalue weighted by molar-refractivity contribution is 6.23. The van der Waals surface area contributed by atoms with Crippen LogP contribution in [0.25, 0.3) is 71.6 Å². The van der Waals surface area contributed by atoms with Gasteiger partial charge in [-0.3, -0.25) is 0 Å². The first-order valence-electron chi connectivity index (χ1n) is 28.7. The van der Waals surface area contributed by atoms with Crippen LogP contribution in [-0.4, -0.2) is 0 Å². The van der Waals surface area contributed by atoms with Crippen LogP contribution in [0.4, 0.5) is 28.4 Å². The Morgan fingerprint density at radius 1 is 0.338 bits per heavy atom. The third-order valence-electron chi connectivity index (χ3n) is 17.4. The Kier molecular flexibility index (Phi) is 12.1. The molecule has 0 spiro atoms. The maximum atomic E-state index is 2.58. The van der Waals surface area contributed by atoms with E-state index in [-0.39, 0.29) is 5.92 Å². The van der Waals surface area contributed by atoms with Gasteiger partial charge in [0.25, 0.3) is 0 Å². The van der Waals surface area contributed by atoms with Crippen molar-refractivity contribution in [3.8, 4) is 44.5 Å². The van der Waals surface area contributed by atoms with Crippen LogP contribution in [0.3, 0.4) is 0 Å². The van der Waals surface area contributed by atoms with Crippen molar-refractivity contribution >= 4 is 55.6 Å². The maximum Gasteiger partial charge on any atom is 0.0493 e. The molecule has 0 saturated heterocycles. The molecule has 1 atom stereocenters. The van der Waals surface area contributed by atoms with Crippen LogP contribution in [0.15, 0.2) is 284 Å². The van der Waals surface area contributed by atoms with E-state index in [1.54, 1.807) is 0 Å². The molecule has 4 aliphatic rings. The summed E-state index contributed by atoms with van der Waals surface area (Å²) in [5.74, 6) is 0.255. The van der Waals surface area contributed by atoms with E-state index in [9.17, 15) is 0 Å². The fraction of sp³-hybridized carbons (Fsp3) is 0.103. The van der Waals surface area contributed by atoms with E-state index in [2.05, 4.69) is 283 Å². The molecule has 11 aromatic carbocycles. The number of allylic oxidation sites excluding steroid dienone is 7.